The highest BCUT2D eigenvalue weighted by atomic mass is 19.1. The molecule has 1 aliphatic carbocycles. The zero-order valence-electron chi connectivity index (χ0n) is 6.70. The smallest absolute Gasteiger partial charge is 0.212 e. The minimum atomic E-state index is -0.443. The first-order valence-corrected chi connectivity index (χ1v) is 4.14. The highest BCUT2D eigenvalue weighted by molar-refractivity contribution is 5.16. The lowest BCUT2D eigenvalue weighted by Gasteiger charge is -2.08. The molecule has 0 unspecified atom stereocenters. The SMILES string of the molecule is N[C@@H](c1ccc(F)nc1)C1CC1. The summed E-state index contributed by atoms with van der Waals surface area (Å²) < 4.78 is 12.4. The summed E-state index contributed by atoms with van der Waals surface area (Å²) in [4.78, 5) is 3.56. The molecule has 3 heteroatoms. The Balaban J connectivity index is 2.16. The summed E-state index contributed by atoms with van der Waals surface area (Å²) in [5.41, 5.74) is 6.83. The minimum absolute atomic E-state index is 0.0538. The van der Waals surface area contributed by atoms with Crippen LogP contribution in [0.1, 0.15) is 24.4 Å². The van der Waals surface area contributed by atoms with Crippen LogP contribution in [0, 0.1) is 11.9 Å². The van der Waals surface area contributed by atoms with Crippen LogP contribution in [0.2, 0.25) is 0 Å². The molecule has 0 saturated heterocycles. The Morgan fingerprint density at radius 1 is 1.50 bits per heavy atom. The van der Waals surface area contributed by atoms with Gasteiger partial charge in [-0.3, -0.25) is 0 Å². The number of hydrogen-bond donors (Lipinski definition) is 1. The van der Waals surface area contributed by atoms with E-state index >= 15 is 0 Å². The number of pyridine rings is 1. The van der Waals surface area contributed by atoms with Gasteiger partial charge in [-0.1, -0.05) is 6.07 Å². The number of aromatic nitrogens is 1. The molecule has 0 amide bonds. The van der Waals surface area contributed by atoms with Crippen LogP contribution in [0.5, 0.6) is 0 Å². The van der Waals surface area contributed by atoms with Gasteiger partial charge in [0.1, 0.15) is 0 Å². The van der Waals surface area contributed by atoms with Crippen molar-refractivity contribution in [3.63, 3.8) is 0 Å². The minimum Gasteiger partial charge on any atom is -0.324 e. The fourth-order valence-electron chi connectivity index (χ4n) is 1.31. The maximum Gasteiger partial charge on any atom is 0.212 e. The first-order valence-electron chi connectivity index (χ1n) is 4.14. The molecule has 64 valence electrons. The lowest BCUT2D eigenvalue weighted by Crippen LogP contribution is -2.12. The molecule has 0 bridgehead atoms. The van der Waals surface area contributed by atoms with Gasteiger partial charge in [0.15, 0.2) is 0 Å². The lowest BCUT2D eigenvalue weighted by atomic mass is 10.1. The molecule has 1 fully saturated rings. The van der Waals surface area contributed by atoms with Gasteiger partial charge < -0.3 is 5.73 Å². The van der Waals surface area contributed by atoms with Gasteiger partial charge in [-0.05, 0) is 30.4 Å². The molecular formula is C9H11FN2. The van der Waals surface area contributed by atoms with E-state index in [1.54, 1.807) is 6.07 Å². The van der Waals surface area contributed by atoms with E-state index in [9.17, 15) is 4.39 Å². The van der Waals surface area contributed by atoms with Crippen LogP contribution < -0.4 is 5.73 Å². The fraction of sp³-hybridized carbons (Fsp3) is 0.444. The maximum absolute atomic E-state index is 12.4. The van der Waals surface area contributed by atoms with E-state index in [1.807, 2.05) is 0 Å². The number of nitrogens with two attached hydrogens (primary N) is 1. The third-order valence-corrected chi connectivity index (χ3v) is 2.27. The van der Waals surface area contributed by atoms with Gasteiger partial charge in [0, 0.05) is 12.2 Å². The normalized spacial score (nSPS) is 19.2. The van der Waals surface area contributed by atoms with Gasteiger partial charge in [0.25, 0.3) is 0 Å². The lowest BCUT2D eigenvalue weighted by molar-refractivity contribution is 0.573. The average molecular weight is 166 g/mol. The molecule has 1 heterocycles. The van der Waals surface area contributed by atoms with Crippen LogP contribution in [-0.4, -0.2) is 4.98 Å². The summed E-state index contributed by atoms with van der Waals surface area (Å²) in [5.74, 6) is 0.152. The Kier molecular flexibility index (Phi) is 1.81. The molecule has 2 N–H and O–H groups in total. The van der Waals surface area contributed by atoms with Crippen LogP contribution in [0.15, 0.2) is 18.3 Å². The van der Waals surface area contributed by atoms with Crippen molar-refractivity contribution in [1.29, 1.82) is 0 Å². The standard InChI is InChI=1S/C9H11FN2/c10-8-4-3-7(5-12-8)9(11)6-1-2-6/h3-6,9H,1-2,11H2/t9-/m1/s1. The largest absolute Gasteiger partial charge is 0.324 e. The summed E-state index contributed by atoms with van der Waals surface area (Å²) in [6.45, 7) is 0. The number of rotatable bonds is 2. The van der Waals surface area contributed by atoms with E-state index < -0.39 is 5.95 Å². The summed E-state index contributed by atoms with van der Waals surface area (Å²) in [6, 6.07) is 3.13. The Labute approximate surface area is 70.6 Å². The predicted molar refractivity (Wildman–Crippen MR) is 43.8 cm³/mol. The van der Waals surface area contributed by atoms with Crippen molar-refractivity contribution in [3.05, 3.63) is 29.8 Å². The third-order valence-electron chi connectivity index (χ3n) is 2.27. The van der Waals surface area contributed by atoms with Crippen molar-refractivity contribution >= 4 is 0 Å². The van der Waals surface area contributed by atoms with Crippen LogP contribution in [-0.2, 0) is 0 Å². The third kappa shape index (κ3) is 1.46. The van der Waals surface area contributed by atoms with Crippen LogP contribution in [0.25, 0.3) is 0 Å². The van der Waals surface area contributed by atoms with E-state index in [1.165, 1.54) is 25.1 Å². The number of halogens is 1. The van der Waals surface area contributed by atoms with Crippen molar-refractivity contribution in [2.75, 3.05) is 0 Å². The van der Waals surface area contributed by atoms with E-state index in [4.69, 9.17) is 5.73 Å². The highest BCUT2D eigenvalue weighted by Crippen LogP contribution is 2.38. The van der Waals surface area contributed by atoms with E-state index in [0.29, 0.717) is 5.92 Å². The number of hydrogen-bond acceptors (Lipinski definition) is 2. The molecule has 0 aromatic carbocycles. The van der Waals surface area contributed by atoms with Gasteiger partial charge in [-0.2, -0.15) is 4.39 Å². The molecule has 1 saturated carbocycles. The van der Waals surface area contributed by atoms with Crippen molar-refractivity contribution < 1.29 is 4.39 Å². The van der Waals surface area contributed by atoms with Gasteiger partial charge in [0.05, 0.1) is 0 Å². The second kappa shape index (κ2) is 2.83. The van der Waals surface area contributed by atoms with E-state index in [0.717, 1.165) is 5.56 Å². The summed E-state index contributed by atoms with van der Waals surface area (Å²) in [5, 5.41) is 0. The Morgan fingerprint density at radius 3 is 2.75 bits per heavy atom. The zero-order chi connectivity index (χ0) is 8.55. The Morgan fingerprint density at radius 2 is 2.25 bits per heavy atom. The van der Waals surface area contributed by atoms with Gasteiger partial charge >= 0.3 is 0 Å². The first kappa shape index (κ1) is 7.68. The van der Waals surface area contributed by atoms with Crippen molar-refractivity contribution in [1.82, 2.24) is 4.98 Å². The molecule has 0 aliphatic heterocycles. The quantitative estimate of drug-likeness (QED) is 0.678. The molecule has 1 aliphatic rings. The molecule has 0 spiro atoms. The van der Waals surface area contributed by atoms with Crippen molar-refractivity contribution in [2.45, 2.75) is 18.9 Å². The summed E-state index contributed by atoms with van der Waals surface area (Å²) in [7, 11) is 0. The Hall–Kier alpha value is -0.960. The number of nitrogens with zero attached hydrogens (tertiary/aromatic N) is 1. The molecule has 2 rings (SSSR count). The van der Waals surface area contributed by atoms with Crippen LogP contribution in [0.4, 0.5) is 4.39 Å². The van der Waals surface area contributed by atoms with Crippen LogP contribution >= 0.6 is 0 Å². The van der Waals surface area contributed by atoms with Crippen molar-refractivity contribution in [2.24, 2.45) is 11.7 Å². The molecule has 0 radical (unpaired) electrons. The second-order valence-corrected chi connectivity index (χ2v) is 3.28. The van der Waals surface area contributed by atoms with Gasteiger partial charge in [0.2, 0.25) is 5.95 Å². The van der Waals surface area contributed by atoms with Crippen molar-refractivity contribution in [3.8, 4) is 0 Å². The average Bonchev–Trinajstić information content (AvgIpc) is 2.87. The van der Waals surface area contributed by atoms with Gasteiger partial charge in [-0.25, -0.2) is 4.98 Å². The molecular weight excluding hydrogens is 155 g/mol. The first-order chi connectivity index (χ1) is 5.77. The predicted octanol–water partition coefficient (Wildman–Crippen LogP) is 1.63. The molecule has 2 nitrogen and oxygen atoms in total. The zero-order valence-corrected chi connectivity index (χ0v) is 6.70. The highest BCUT2D eigenvalue weighted by Gasteiger charge is 2.29. The second-order valence-electron chi connectivity index (χ2n) is 3.28. The van der Waals surface area contributed by atoms with E-state index in [-0.39, 0.29) is 6.04 Å². The van der Waals surface area contributed by atoms with Crippen LogP contribution in [0.3, 0.4) is 0 Å². The van der Waals surface area contributed by atoms with E-state index in [2.05, 4.69) is 4.98 Å². The monoisotopic (exact) mass is 166 g/mol. The molecule has 1 atom stereocenters. The Bertz CT molecular complexity index is 266. The topological polar surface area (TPSA) is 38.9 Å². The summed E-state index contributed by atoms with van der Waals surface area (Å²) >= 11 is 0. The summed E-state index contributed by atoms with van der Waals surface area (Å²) in [6.07, 6.45) is 3.91. The molecule has 1 aromatic heterocycles. The fourth-order valence-corrected chi connectivity index (χ4v) is 1.31. The molecule has 1 aromatic rings. The molecule has 12 heavy (non-hydrogen) atoms. The van der Waals surface area contributed by atoms with Gasteiger partial charge in [-0.15, -0.1) is 0 Å². The maximum atomic E-state index is 12.4.